The van der Waals surface area contributed by atoms with Gasteiger partial charge < -0.3 is 5.32 Å². The Morgan fingerprint density at radius 1 is 1.19 bits per heavy atom. The SMILES string of the molecule is CC(C)NC(=O)c1nn(-c2ccccc2)c2c1CCCC2. The molecule has 4 heteroatoms. The van der Waals surface area contributed by atoms with Crippen LogP contribution in [-0.2, 0) is 12.8 Å². The summed E-state index contributed by atoms with van der Waals surface area (Å²) in [5, 5.41) is 7.58. The number of para-hydroxylation sites is 1. The molecule has 1 aromatic carbocycles. The van der Waals surface area contributed by atoms with Gasteiger partial charge in [0.25, 0.3) is 5.91 Å². The fraction of sp³-hybridized carbons (Fsp3) is 0.412. The van der Waals surface area contributed by atoms with E-state index in [2.05, 4.69) is 10.4 Å². The quantitative estimate of drug-likeness (QED) is 0.941. The van der Waals surface area contributed by atoms with E-state index in [1.165, 1.54) is 5.69 Å². The van der Waals surface area contributed by atoms with Crippen molar-refractivity contribution in [3.05, 3.63) is 47.3 Å². The van der Waals surface area contributed by atoms with Gasteiger partial charge in [0.05, 0.1) is 5.69 Å². The van der Waals surface area contributed by atoms with Crippen LogP contribution in [0.2, 0.25) is 0 Å². The Balaban J connectivity index is 2.06. The monoisotopic (exact) mass is 283 g/mol. The summed E-state index contributed by atoms with van der Waals surface area (Å²) >= 11 is 0. The van der Waals surface area contributed by atoms with Gasteiger partial charge in [-0.25, -0.2) is 4.68 Å². The summed E-state index contributed by atoms with van der Waals surface area (Å²) in [4.78, 5) is 12.4. The Hall–Kier alpha value is -2.10. The third kappa shape index (κ3) is 2.71. The van der Waals surface area contributed by atoms with E-state index in [1.54, 1.807) is 0 Å². The van der Waals surface area contributed by atoms with Crippen molar-refractivity contribution in [3.8, 4) is 5.69 Å². The number of rotatable bonds is 3. The second-order valence-corrected chi connectivity index (χ2v) is 5.86. The zero-order chi connectivity index (χ0) is 14.8. The van der Waals surface area contributed by atoms with E-state index in [4.69, 9.17) is 0 Å². The number of carbonyl (C=O) groups is 1. The van der Waals surface area contributed by atoms with Crippen LogP contribution in [0.4, 0.5) is 0 Å². The second kappa shape index (κ2) is 5.72. The van der Waals surface area contributed by atoms with Gasteiger partial charge in [-0.2, -0.15) is 5.10 Å². The molecule has 0 saturated carbocycles. The van der Waals surface area contributed by atoms with Crippen LogP contribution >= 0.6 is 0 Å². The first-order valence-corrected chi connectivity index (χ1v) is 7.64. The Kier molecular flexibility index (Phi) is 3.78. The molecule has 0 atom stereocenters. The lowest BCUT2D eigenvalue weighted by Crippen LogP contribution is -2.31. The smallest absolute Gasteiger partial charge is 0.272 e. The highest BCUT2D eigenvalue weighted by Gasteiger charge is 2.25. The highest BCUT2D eigenvalue weighted by Crippen LogP contribution is 2.26. The molecular weight excluding hydrogens is 262 g/mol. The molecule has 4 nitrogen and oxygen atoms in total. The molecule has 0 radical (unpaired) electrons. The number of amides is 1. The van der Waals surface area contributed by atoms with Crippen LogP contribution in [0.25, 0.3) is 5.69 Å². The highest BCUT2D eigenvalue weighted by atomic mass is 16.2. The van der Waals surface area contributed by atoms with E-state index >= 15 is 0 Å². The number of nitrogens with zero attached hydrogens (tertiary/aromatic N) is 2. The van der Waals surface area contributed by atoms with Crippen molar-refractivity contribution >= 4 is 5.91 Å². The normalized spacial score (nSPS) is 14.0. The maximum absolute atomic E-state index is 12.4. The minimum absolute atomic E-state index is 0.0576. The standard InChI is InChI=1S/C17H21N3O/c1-12(2)18-17(21)16-14-10-6-7-11-15(14)20(19-16)13-8-4-3-5-9-13/h3-5,8-9,12H,6-7,10-11H2,1-2H3,(H,18,21). The van der Waals surface area contributed by atoms with Crippen LogP contribution in [0.3, 0.4) is 0 Å². The Bertz CT molecular complexity index is 644. The third-order valence-electron chi connectivity index (χ3n) is 3.82. The number of fused-ring (bicyclic) bond motifs is 1. The van der Waals surface area contributed by atoms with Crippen LogP contribution in [0, 0.1) is 0 Å². The van der Waals surface area contributed by atoms with Gasteiger partial charge in [-0.3, -0.25) is 4.79 Å². The maximum Gasteiger partial charge on any atom is 0.272 e. The van der Waals surface area contributed by atoms with Gasteiger partial charge in [0, 0.05) is 17.3 Å². The fourth-order valence-electron chi connectivity index (χ4n) is 2.89. The number of benzene rings is 1. The van der Waals surface area contributed by atoms with E-state index < -0.39 is 0 Å². The molecule has 1 aliphatic rings. The predicted octanol–water partition coefficient (Wildman–Crippen LogP) is 2.89. The summed E-state index contributed by atoms with van der Waals surface area (Å²) in [5.41, 5.74) is 3.95. The van der Waals surface area contributed by atoms with Crippen LogP contribution in [0.1, 0.15) is 48.4 Å². The molecule has 1 heterocycles. The van der Waals surface area contributed by atoms with E-state index in [0.29, 0.717) is 5.69 Å². The van der Waals surface area contributed by atoms with E-state index in [9.17, 15) is 4.79 Å². The van der Waals surface area contributed by atoms with Crippen LogP contribution in [-0.4, -0.2) is 21.7 Å². The molecular formula is C17H21N3O. The predicted molar refractivity (Wildman–Crippen MR) is 82.8 cm³/mol. The minimum atomic E-state index is -0.0576. The van der Waals surface area contributed by atoms with E-state index in [0.717, 1.165) is 36.9 Å². The molecule has 3 rings (SSSR count). The molecule has 0 saturated heterocycles. The van der Waals surface area contributed by atoms with Crippen molar-refractivity contribution in [1.82, 2.24) is 15.1 Å². The lowest BCUT2D eigenvalue weighted by molar-refractivity contribution is 0.0936. The summed E-state index contributed by atoms with van der Waals surface area (Å²) in [5.74, 6) is -0.0576. The van der Waals surface area contributed by atoms with Crippen molar-refractivity contribution < 1.29 is 4.79 Å². The Morgan fingerprint density at radius 2 is 1.90 bits per heavy atom. The first-order chi connectivity index (χ1) is 10.2. The van der Waals surface area contributed by atoms with Gasteiger partial charge in [0.15, 0.2) is 5.69 Å². The first kappa shape index (κ1) is 13.9. The fourth-order valence-corrected chi connectivity index (χ4v) is 2.89. The minimum Gasteiger partial charge on any atom is -0.348 e. The highest BCUT2D eigenvalue weighted by molar-refractivity contribution is 5.94. The molecule has 110 valence electrons. The van der Waals surface area contributed by atoms with Crippen LogP contribution in [0.15, 0.2) is 30.3 Å². The number of aromatic nitrogens is 2. The molecule has 1 amide bonds. The Morgan fingerprint density at radius 3 is 2.62 bits per heavy atom. The molecule has 21 heavy (non-hydrogen) atoms. The van der Waals surface area contributed by atoms with Gasteiger partial charge in [-0.1, -0.05) is 18.2 Å². The molecule has 0 spiro atoms. The topological polar surface area (TPSA) is 46.9 Å². The first-order valence-electron chi connectivity index (χ1n) is 7.64. The molecule has 2 aromatic rings. The molecule has 0 aliphatic heterocycles. The van der Waals surface area contributed by atoms with Gasteiger partial charge in [0.2, 0.25) is 0 Å². The van der Waals surface area contributed by atoms with Crippen molar-refractivity contribution in [3.63, 3.8) is 0 Å². The van der Waals surface area contributed by atoms with Gasteiger partial charge in [-0.15, -0.1) is 0 Å². The summed E-state index contributed by atoms with van der Waals surface area (Å²) < 4.78 is 1.95. The molecule has 0 fully saturated rings. The number of hydrogen-bond donors (Lipinski definition) is 1. The van der Waals surface area contributed by atoms with Gasteiger partial charge in [-0.05, 0) is 51.7 Å². The molecule has 0 unspecified atom stereocenters. The maximum atomic E-state index is 12.4. The molecule has 0 bridgehead atoms. The summed E-state index contributed by atoms with van der Waals surface area (Å²) in [6, 6.07) is 10.2. The summed E-state index contributed by atoms with van der Waals surface area (Å²) in [6.45, 7) is 3.94. The third-order valence-corrected chi connectivity index (χ3v) is 3.82. The van der Waals surface area contributed by atoms with Crippen molar-refractivity contribution in [1.29, 1.82) is 0 Å². The van der Waals surface area contributed by atoms with Crippen molar-refractivity contribution in [2.75, 3.05) is 0 Å². The van der Waals surface area contributed by atoms with Crippen LogP contribution in [0.5, 0.6) is 0 Å². The van der Waals surface area contributed by atoms with Crippen molar-refractivity contribution in [2.24, 2.45) is 0 Å². The summed E-state index contributed by atoms with van der Waals surface area (Å²) in [7, 11) is 0. The second-order valence-electron chi connectivity index (χ2n) is 5.86. The lowest BCUT2D eigenvalue weighted by atomic mass is 9.95. The Labute approximate surface area is 125 Å². The number of carbonyl (C=O) groups excluding carboxylic acids is 1. The zero-order valence-electron chi connectivity index (χ0n) is 12.6. The summed E-state index contributed by atoms with van der Waals surface area (Å²) in [6.07, 6.45) is 4.24. The lowest BCUT2D eigenvalue weighted by Gasteiger charge is -2.14. The van der Waals surface area contributed by atoms with Crippen molar-refractivity contribution in [2.45, 2.75) is 45.6 Å². The molecule has 1 aromatic heterocycles. The zero-order valence-corrected chi connectivity index (χ0v) is 12.6. The van der Waals surface area contributed by atoms with Gasteiger partial charge >= 0.3 is 0 Å². The molecule has 1 aliphatic carbocycles. The van der Waals surface area contributed by atoms with Gasteiger partial charge in [0.1, 0.15) is 0 Å². The van der Waals surface area contributed by atoms with E-state index in [1.807, 2.05) is 48.9 Å². The number of hydrogen-bond acceptors (Lipinski definition) is 2. The largest absolute Gasteiger partial charge is 0.348 e. The average Bonchev–Trinajstić information content (AvgIpc) is 2.87. The van der Waals surface area contributed by atoms with Crippen LogP contribution < -0.4 is 5.32 Å². The van der Waals surface area contributed by atoms with E-state index in [-0.39, 0.29) is 11.9 Å². The number of nitrogens with one attached hydrogen (secondary N) is 1. The average molecular weight is 283 g/mol. The molecule has 1 N–H and O–H groups in total.